The highest BCUT2D eigenvalue weighted by Gasteiger charge is 2.14. The van der Waals surface area contributed by atoms with Crippen LogP contribution in [0, 0.1) is 6.92 Å². The van der Waals surface area contributed by atoms with E-state index >= 15 is 0 Å². The number of rotatable bonds is 2. The summed E-state index contributed by atoms with van der Waals surface area (Å²) in [5, 5.41) is 4.82. The van der Waals surface area contributed by atoms with Crippen LogP contribution in [0.3, 0.4) is 0 Å². The van der Waals surface area contributed by atoms with E-state index < -0.39 is 5.56 Å². The number of aromatic amines is 1. The molecule has 4 rings (SSSR count). The van der Waals surface area contributed by atoms with Crippen molar-refractivity contribution in [2.75, 3.05) is 7.11 Å². The van der Waals surface area contributed by atoms with E-state index in [0.29, 0.717) is 27.9 Å². The minimum Gasteiger partial charge on any atom is -0.497 e. The third-order valence-corrected chi connectivity index (χ3v) is 4.28. The Labute approximate surface area is 142 Å². The lowest BCUT2D eigenvalue weighted by atomic mass is 10.1. The van der Waals surface area contributed by atoms with Crippen LogP contribution in [-0.2, 0) is 0 Å². The summed E-state index contributed by atoms with van der Waals surface area (Å²) in [6.07, 6.45) is 1.51. The number of benzene rings is 2. The van der Waals surface area contributed by atoms with Crippen LogP contribution in [0.15, 0.2) is 58.3 Å². The molecule has 0 spiro atoms. The van der Waals surface area contributed by atoms with Crippen molar-refractivity contribution in [1.82, 2.24) is 14.8 Å². The summed E-state index contributed by atoms with van der Waals surface area (Å²) in [7, 11) is 1.58. The molecule has 0 aliphatic heterocycles. The van der Waals surface area contributed by atoms with Crippen LogP contribution in [0.4, 0.5) is 0 Å². The Bertz CT molecular complexity index is 1240. The first-order chi connectivity index (χ1) is 12.1. The van der Waals surface area contributed by atoms with Crippen molar-refractivity contribution in [2.45, 2.75) is 6.92 Å². The summed E-state index contributed by atoms with van der Waals surface area (Å²) >= 11 is 0. The van der Waals surface area contributed by atoms with Gasteiger partial charge in [0.05, 0.1) is 24.5 Å². The molecule has 25 heavy (non-hydrogen) atoms. The van der Waals surface area contributed by atoms with Gasteiger partial charge in [-0.25, -0.2) is 0 Å². The van der Waals surface area contributed by atoms with E-state index in [2.05, 4.69) is 10.1 Å². The molecular formula is C19H15N3O3. The molecule has 0 amide bonds. The van der Waals surface area contributed by atoms with Crippen molar-refractivity contribution in [3.63, 3.8) is 0 Å². The zero-order valence-electron chi connectivity index (χ0n) is 13.7. The second kappa shape index (κ2) is 5.59. The fourth-order valence-corrected chi connectivity index (χ4v) is 3.00. The molecule has 4 aromatic rings. The lowest BCUT2D eigenvalue weighted by Crippen LogP contribution is -2.26. The highest BCUT2D eigenvalue weighted by atomic mass is 16.5. The van der Waals surface area contributed by atoms with E-state index in [1.165, 1.54) is 10.9 Å². The second-order valence-corrected chi connectivity index (χ2v) is 5.80. The van der Waals surface area contributed by atoms with Gasteiger partial charge in [0.2, 0.25) is 5.43 Å². The molecule has 2 aromatic heterocycles. The molecule has 124 valence electrons. The molecule has 0 bridgehead atoms. The number of para-hydroxylation sites is 1. The van der Waals surface area contributed by atoms with Crippen LogP contribution in [-0.4, -0.2) is 21.9 Å². The molecular weight excluding hydrogens is 318 g/mol. The maximum atomic E-state index is 12.9. The minimum atomic E-state index is -0.447. The minimum absolute atomic E-state index is 0.101. The van der Waals surface area contributed by atoms with Crippen LogP contribution < -0.4 is 15.7 Å². The van der Waals surface area contributed by atoms with E-state index in [4.69, 9.17) is 4.74 Å². The monoisotopic (exact) mass is 333 g/mol. The molecule has 0 atom stereocenters. The SMILES string of the molecule is COc1ccc(-n2ncc3[nH]c4ccccc4c(=O)c3c2=O)c(C)c1. The highest BCUT2D eigenvalue weighted by Crippen LogP contribution is 2.19. The molecule has 1 N–H and O–H groups in total. The highest BCUT2D eigenvalue weighted by molar-refractivity contribution is 5.91. The number of ether oxygens (including phenoxy) is 1. The fraction of sp³-hybridized carbons (Fsp3) is 0.105. The first-order valence-corrected chi connectivity index (χ1v) is 7.78. The van der Waals surface area contributed by atoms with Crippen molar-refractivity contribution in [1.29, 1.82) is 0 Å². The normalized spacial score (nSPS) is 11.1. The average molecular weight is 333 g/mol. The number of nitrogens with one attached hydrogen (secondary N) is 1. The molecule has 0 aliphatic carbocycles. The Morgan fingerprint density at radius 1 is 1.08 bits per heavy atom. The van der Waals surface area contributed by atoms with Gasteiger partial charge in [-0.1, -0.05) is 12.1 Å². The van der Waals surface area contributed by atoms with Crippen molar-refractivity contribution in [3.8, 4) is 11.4 Å². The van der Waals surface area contributed by atoms with E-state index in [1.807, 2.05) is 19.1 Å². The van der Waals surface area contributed by atoms with Gasteiger partial charge in [0.15, 0.2) is 0 Å². The second-order valence-electron chi connectivity index (χ2n) is 5.80. The zero-order chi connectivity index (χ0) is 17.6. The Morgan fingerprint density at radius 3 is 2.64 bits per heavy atom. The summed E-state index contributed by atoms with van der Waals surface area (Å²) in [4.78, 5) is 28.9. The predicted octanol–water partition coefficient (Wildman–Crippen LogP) is 2.54. The molecule has 2 heterocycles. The number of aromatic nitrogens is 3. The lowest BCUT2D eigenvalue weighted by Gasteiger charge is -2.10. The predicted molar refractivity (Wildman–Crippen MR) is 96.8 cm³/mol. The van der Waals surface area contributed by atoms with E-state index in [-0.39, 0.29) is 10.8 Å². The van der Waals surface area contributed by atoms with Crippen LogP contribution in [0.25, 0.3) is 27.5 Å². The third kappa shape index (κ3) is 2.30. The van der Waals surface area contributed by atoms with Crippen LogP contribution in [0.1, 0.15) is 5.56 Å². The summed E-state index contributed by atoms with van der Waals surface area (Å²) in [6, 6.07) is 12.4. The Balaban J connectivity index is 2.06. The van der Waals surface area contributed by atoms with Gasteiger partial charge < -0.3 is 9.72 Å². The number of methoxy groups -OCH3 is 1. The molecule has 0 saturated heterocycles. The van der Waals surface area contributed by atoms with Gasteiger partial charge in [0.25, 0.3) is 5.56 Å². The Hall–Kier alpha value is -3.41. The maximum absolute atomic E-state index is 12.9. The summed E-state index contributed by atoms with van der Waals surface area (Å²) < 4.78 is 6.44. The van der Waals surface area contributed by atoms with E-state index in [9.17, 15) is 9.59 Å². The third-order valence-electron chi connectivity index (χ3n) is 4.28. The molecule has 0 aliphatic rings. The summed E-state index contributed by atoms with van der Waals surface area (Å²) in [5.41, 5.74) is 1.80. The van der Waals surface area contributed by atoms with Gasteiger partial charge >= 0.3 is 0 Å². The van der Waals surface area contributed by atoms with Gasteiger partial charge in [-0.15, -0.1) is 0 Å². The number of fused-ring (bicyclic) bond motifs is 2. The van der Waals surface area contributed by atoms with Crippen molar-refractivity contribution in [3.05, 3.63) is 74.8 Å². The average Bonchev–Trinajstić information content (AvgIpc) is 2.62. The molecule has 0 fully saturated rings. The number of H-pyrrole nitrogens is 1. The van der Waals surface area contributed by atoms with Crippen molar-refractivity contribution >= 4 is 21.8 Å². The number of nitrogens with zero attached hydrogens (tertiary/aromatic N) is 2. The first-order valence-electron chi connectivity index (χ1n) is 7.78. The summed E-state index contributed by atoms with van der Waals surface area (Å²) in [5.74, 6) is 0.693. The van der Waals surface area contributed by atoms with Gasteiger partial charge in [-0.05, 0) is 42.8 Å². The van der Waals surface area contributed by atoms with Gasteiger partial charge in [0, 0.05) is 10.9 Å². The smallest absolute Gasteiger partial charge is 0.284 e. The zero-order valence-corrected chi connectivity index (χ0v) is 13.7. The number of aryl methyl sites for hydroxylation is 1. The van der Waals surface area contributed by atoms with Crippen molar-refractivity contribution < 1.29 is 4.74 Å². The molecule has 0 saturated carbocycles. The van der Waals surface area contributed by atoms with Gasteiger partial charge in [0.1, 0.15) is 11.1 Å². The van der Waals surface area contributed by atoms with Crippen molar-refractivity contribution in [2.24, 2.45) is 0 Å². The molecule has 6 heteroatoms. The standard InChI is InChI=1S/C19H15N3O3/c1-11-9-12(25-2)7-8-16(11)22-19(24)17-15(10-20-22)21-14-6-4-3-5-13(14)18(17)23/h3-10H,1-2H3,(H,21,23). The maximum Gasteiger partial charge on any atom is 0.284 e. The first kappa shape index (κ1) is 15.1. The van der Waals surface area contributed by atoms with E-state index in [1.54, 1.807) is 37.4 Å². The summed E-state index contributed by atoms with van der Waals surface area (Å²) in [6.45, 7) is 1.86. The van der Waals surface area contributed by atoms with Gasteiger partial charge in [-0.2, -0.15) is 9.78 Å². The quantitative estimate of drug-likeness (QED) is 0.572. The van der Waals surface area contributed by atoms with E-state index in [0.717, 1.165) is 5.56 Å². The van der Waals surface area contributed by atoms with Crippen LogP contribution in [0.5, 0.6) is 5.75 Å². The van der Waals surface area contributed by atoms with Crippen LogP contribution >= 0.6 is 0 Å². The molecule has 0 unspecified atom stereocenters. The Kier molecular flexibility index (Phi) is 3.39. The van der Waals surface area contributed by atoms with Crippen LogP contribution in [0.2, 0.25) is 0 Å². The molecule has 0 radical (unpaired) electrons. The fourth-order valence-electron chi connectivity index (χ4n) is 3.00. The molecule has 6 nitrogen and oxygen atoms in total. The number of pyridine rings is 1. The Morgan fingerprint density at radius 2 is 1.88 bits per heavy atom. The number of hydrogen-bond donors (Lipinski definition) is 1. The largest absolute Gasteiger partial charge is 0.497 e. The van der Waals surface area contributed by atoms with Gasteiger partial charge in [-0.3, -0.25) is 9.59 Å². The molecule has 2 aromatic carbocycles. The topological polar surface area (TPSA) is 77.0 Å². The number of hydrogen-bond acceptors (Lipinski definition) is 4. The lowest BCUT2D eigenvalue weighted by molar-refractivity contribution is 0.414.